The first-order valence-electron chi connectivity index (χ1n) is 8.01. The lowest BCUT2D eigenvalue weighted by Crippen LogP contribution is -2.37. The average molecular weight is 339 g/mol. The third-order valence-corrected chi connectivity index (χ3v) is 4.97. The SMILES string of the molecule is CCCCC(CC)(CNC1CC1)Cc1ccc(Br)cn1. The van der Waals surface area contributed by atoms with E-state index in [2.05, 4.69) is 52.2 Å². The van der Waals surface area contributed by atoms with Crippen LogP contribution in [0.15, 0.2) is 22.8 Å². The van der Waals surface area contributed by atoms with E-state index in [1.165, 1.54) is 44.2 Å². The van der Waals surface area contributed by atoms with Crippen molar-refractivity contribution in [3.05, 3.63) is 28.5 Å². The smallest absolute Gasteiger partial charge is 0.0413 e. The maximum atomic E-state index is 4.59. The molecule has 1 fully saturated rings. The molecule has 0 aromatic carbocycles. The summed E-state index contributed by atoms with van der Waals surface area (Å²) < 4.78 is 1.06. The summed E-state index contributed by atoms with van der Waals surface area (Å²) in [6.45, 7) is 5.77. The lowest BCUT2D eigenvalue weighted by atomic mass is 9.76. The van der Waals surface area contributed by atoms with Crippen LogP contribution in [-0.2, 0) is 6.42 Å². The first-order chi connectivity index (χ1) is 9.67. The van der Waals surface area contributed by atoms with Crippen molar-refractivity contribution in [2.75, 3.05) is 6.54 Å². The minimum absolute atomic E-state index is 0.374. The fourth-order valence-corrected chi connectivity index (χ4v) is 3.00. The number of hydrogen-bond acceptors (Lipinski definition) is 2. The number of rotatable bonds is 9. The van der Waals surface area contributed by atoms with E-state index in [1.807, 2.05) is 6.20 Å². The van der Waals surface area contributed by atoms with Gasteiger partial charge >= 0.3 is 0 Å². The van der Waals surface area contributed by atoms with E-state index in [-0.39, 0.29) is 0 Å². The minimum Gasteiger partial charge on any atom is -0.313 e. The summed E-state index contributed by atoms with van der Waals surface area (Å²) in [5.41, 5.74) is 1.60. The number of halogens is 1. The second-order valence-electron chi connectivity index (χ2n) is 6.26. The maximum Gasteiger partial charge on any atom is 0.0413 e. The van der Waals surface area contributed by atoms with Crippen molar-refractivity contribution in [2.24, 2.45) is 5.41 Å². The predicted octanol–water partition coefficient (Wildman–Crippen LogP) is 4.73. The monoisotopic (exact) mass is 338 g/mol. The summed E-state index contributed by atoms with van der Waals surface area (Å²) >= 11 is 3.47. The first kappa shape index (κ1) is 16.0. The summed E-state index contributed by atoms with van der Waals surface area (Å²) in [6.07, 6.45) is 10.9. The Bertz CT molecular complexity index is 400. The summed E-state index contributed by atoms with van der Waals surface area (Å²) in [6, 6.07) is 5.06. The lowest BCUT2D eigenvalue weighted by molar-refractivity contribution is 0.226. The molecule has 1 unspecified atom stereocenters. The number of aromatic nitrogens is 1. The quantitative estimate of drug-likeness (QED) is 0.704. The van der Waals surface area contributed by atoms with Crippen LogP contribution in [0, 0.1) is 5.41 Å². The molecule has 1 N–H and O–H groups in total. The van der Waals surface area contributed by atoms with Gasteiger partial charge in [0.25, 0.3) is 0 Å². The van der Waals surface area contributed by atoms with Gasteiger partial charge in [-0.05, 0) is 65.6 Å². The van der Waals surface area contributed by atoms with Gasteiger partial charge in [-0.25, -0.2) is 0 Å². The zero-order valence-corrected chi connectivity index (χ0v) is 14.4. The van der Waals surface area contributed by atoms with Gasteiger partial charge in [0.1, 0.15) is 0 Å². The second kappa shape index (κ2) is 7.56. The van der Waals surface area contributed by atoms with E-state index in [1.54, 1.807) is 0 Å². The topological polar surface area (TPSA) is 24.9 Å². The van der Waals surface area contributed by atoms with Gasteiger partial charge in [0.15, 0.2) is 0 Å². The van der Waals surface area contributed by atoms with E-state index in [4.69, 9.17) is 0 Å². The molecular formula is C17H27BrN2. The Kier molecular flexibility index (Phi) is 6.03. The molecule has 1 aliphatic rings. The Hall–Kier alpha value is -0.410. The van der Waals surface area contributed by atoms with Gasteiger partial charge < -0.3 is 5.32 Å². The molecule has 3 heteroatoms. The number of pyridine rings is 1. The van der Waals surface area contributed by atoms with Gasteiger partial charge in [-0.2, -0.15) is 0 Å². The van der Waals surface area contributed by atoms with Crippen LogP contribution in [0.25, 0.3) is 0 Å². The Morgan fingerprint density at radius 3 is 2.70 bits per heavy atom. The van der Waals surface area contributed by atoms with Crippen molar-refractivity contribution >= 4 is 15.9 Å². The largest absolute Gasteiger partial charge is 0.313 e. The highest BCUT2D eigenvalue weighted by atomic mass is 79.9. The highest BCUT2D eigenvalue weighted by Gasteiger charge is 2.31. The molecule has 2 rings (SSSR count). The van der Waals surface area contributed by atoms with Crippen molar-refractivity contribution in [1.82, 2.24) is 10.3 Å². The molecular weight excluding hydrogens is 312 g/mol. The van der Waals surface area contributed by atoms with Gasteiger partial charge in [0.2, 0.25) is 0 Å². The van der Waals surface area contributed by atoms with Gasteiger partial charge in [-0.1, -0.05) is 26.7 Å². The summed E-state index contributed by atoms with van der Waals surface area (Å²) in [5.74, 6) is 0. The predicted molar refractivity (Wildman–Crippen MR) is 88.9 cm³/mol. The molecule has 2 nitrogen and oxygen atoms in total. The van der Waals surface area contributed by atoms with E-state index < -0.39 is 0 Å². The van der Waals surface area contributed by atoms with Crippen molar-refractivity contribution in [1.29, 1.82) is 0 Å². The lowest BCUT2D eigenvalue weighted by Gasteiger charge is -2.33. The fraction of sp³-hybridized carbons (Fsp3) is 0.706. The van der Waals surface area contributed by atoms with Crippen LogP contribution in [0.1, 0.15) is 58.1 Å². The van der Waals surface area contributed by atoms with Gasteiger partial charge in [0, 0.05) is 29.0 Å². The van der Waals surface area contributed by atoms with E-state index >= 15 is 0 Å². The van der Waals surface area contributed by atoms with Crippen molar-refractivity contribution in [2.45, 2.75) is 64.8 Å². The molecule has 1 aromatic rings. The van der Waals surface area contributed by atoms with Gasteiger partial charge in [-0.3, -0.25) is 4.98 Å². The molecule has 20 heavy (non-hydrogen) atoms. The molecule has 1 aromatic heterocycles. The van der Waals surface area contributed by atoms with E-state index in [0.29, 0.717) is 5.41 Å². The number of hydrogen-bond donors (Lipinski definition) is 1. The molecule has 1 aliphatic carbocycles. The number of nitrogens with zero attached hydrogens (tertiary/aromatic N) is 1. The third kappa shape index (κ3) is 4.85. The Balaban J connectivity index is 2.03. The van der Waals surface area contributed by atoms with Gasteiger partial charge in [0.05, 0.1) is 0 Å². The van der Waals surface area contributed by atoms with E-state index in [0.717, 1.165) is 23.5 Å². The van der Waals surface area contributed by atoms with Crippen LogP contribution >= 0.6 is 15.9 Å². The molecule has 1 atom stereocenters. The van der Waals surface area contributed by atoms with Gasteiger partial charge in [-0.15, -0.1) is 0 Å². The zero-order valence-electron chi connectivity index (χ0n) is 12.8. The number of unbranched alkanes of at least 4 members (excludes halogenated alkanes) is 1. The molecule has 0 spiro atoms. The molecule has 0 bridgehead atoms. The molecule has 0 radical (unpaired) electrons. The number of nitrogens with one attached hydrogen (secondary N) is 1. The van der Waals surface area contributed by atoms with Crippen LogP contribution in [0.2, 0.25) is 0 Å². The van der Waals surface area contributed by atoms with Crippen LogP contribution < -0.4 is 5.32 Å². The molecule has 0 aliphatic heterocycles. The standard InChI is InChI=1S/C17H27BrN2/c1-3-5-10-17(4-2,13-20-15-8-9-15)11-16-7-6-14(18)12-19-16/h6-7,12,15,20H,3-5,8-11,13H2,1-2H3. The highest BCUT2D eigenvalue weighted by molar-refractivity contribution is 9.10. The Morgan fingerprint density at radius 2 is 2.15 bits per heavy atom. The Morgan fingerprint density at radius 1 is 1.35 bits per heavy atom. The van der Waals surface area contributed by atoms with Crippen LogP contribution in [0.4, 0.5) is 0 Å². The van der Waals surface area contributed by atoms with Crippen molar-refractivity contribution in [3.63, 3.8) is 0 Å². The summed E-state index contributed by atoms with van der Waals surface area (Å²) in [5, 5.41) is 3.75. The Labute approximate surface area is 131 Å². The zero-order chi connectivity index (χ0) is 14.4. The molecule has 112 valence electrons. The second-order valence-corrected chi connectivity index (χ2v) is 7.17. The van der Waals surface area contributed by atoms with Crippen LogP contribution in [0.5, 0.6) is 0 Å². The summed E-state index contributed by atoms with van der Waals surface area (Å²) in [7, 11) is 0. The average Bonchev–Trinajstić information content (AvgIpc) is 3.29. The molecule has 1 heterocycles. The highest BCUT2D eigenvalue weighted by Crippen LogP contribution is 2.33. The van der Waals surface area contributed by atoms with Crippen molar-refractivity contribution < 1.29 is 0 Å². The fourth-order valence-electron chi connectivity index (χ4n) is 2.76. The third-order valence-electron chi connectivity index (χ3n) is 4.50. The summed E-state index contributed by atoms with van der Waals surface area (Å²) in [4.78, 5) is 4.59. The first-order valence-corrected chi connectivity index (χ1v) is 8.80. The molecule has 0 saturated heterocycles. The molecule has 0 amide bonds. The van der Waals surface area contributed by atoms with Crippen LogP contribution in [0.3, 0.4) is 0 Å². The van der Waals surface area contributed by atoms with E-state index in [9.17, 15) is 0 Å². The molecule has 1 saturated carbocycles. The normalized spacial score (nSPS) is 17.9. The minimum atomic E-state index is 0.374. The van der Waals surface area contributed by atoms with Crippen LogP contribution in [-0.4, -0.2) is 17.6 Å². The maximum absolute atomic E-state index is 4.59. The van der Waals surface area contributed by atoms with Crippen molar-refractivity contribution in [3.8, 4) is 0 Å².